The van der Waals surface area contributed by atoms with Crippen LogP contribution in [-0.4, -0.2) is 24.6 Å². The fourth-order valence-corrected chi connectivity index (χ4v) is 2.92. The van der Waals surface area contributed by atoms with Gasteiger partial charge < -0.3 is 4.74 Å². The minimum absolute atomic E-state index is 0.218. The minimum Gasteiger partial charge on any atom is -0.465 e. The number of rotatable bonds is 5. The van der Waals surface area contributed by atoms with Crippen molar-refractivity contribution in [1.29, 1.82) is 0 Å². The average molecular weight is 413 g/mol. The Hall–Kier alpha value is -2.95. The van der Waals surface area contributed by atoms with E-state index in [1.54, 1.807) is 48.5 Å². The Balaban J connectivity index is 1.79. The monoisotopic (exact) mass is 412 g/mol. The molecule has 4 nitrogen and oxygen atoms in total. The number of halogens is 2. The summed E-state index contributed by atoms with van der Waals surface area (Å²) in [5.41, 5.74) is 2.05. The van der Waals surface area contributed by atoms with Crippen LogP contribution in [0, 0.1) is 0 Å². The number of hydrogen-bond acceptors (Lipinski definition) is 4. The minimum atomic E-state index is -0.468. The van der Waals surface area contributed by atoms with Crippen molar-refractivity contribution < 1.29 is 19.1 Å². The van der Waals surface area contributed by atoms with E-state index in [4.69, 9.17) is 23.2 Å². The molecule has 0 bridgehead atoms. The van der Waals surface area contributed by atoms with Crippen LogP contribution in [0.3, 0.4) is 0 Å². The number of ether oxygens (including phenoxy) is 1. The Labute approximate surface area is 171 Å². The summed E-state index contributed by atoms with van der Waals surface area (Å²) in [5, 5.41) is 0.673. The molecule has 0 spiro atoms. The molecular formula is C22H14Cl2O4. The van der Waals surface area contributed by atoms with Gasteiger partial charge in [0, 0.05) is 22.3 Å². The van der Waals surface area contributed by atoms with Crippen LogP contribution in [0.4, 0.5) is 0 Å². The predicted molar refractivity (Wildman–Crippen MR) is 108 cm³/mol. The largest absolute Gasteiger partial charge is 0.465 e. The predicted octanol–water partition coefficient (Wildman–Crippen LogP) is 5.24. The second-order valence-corrected chi connectivity index (χ2v) is 6.75. The number of ketones is 2. The molecule has 0 radical (unpaired) electrons. The zero-order valence-electron chi connectivity index (χ0n) is 14.7. The first-order valence-corrected chi connectivity index (χ1v) is 8.99. The van der Waals surface area contributed by atoms with Gasteiger partial charge in [0.25, 0.3) is 0 Å². The van der Waals surface area contributed by atoms with Crippen LogP contribution in [0.5, 0.6) is 0 Å². The van der Waals surface area contributed by atoms with Crippen LogP contribution >= 0.6 is 23.2 Å². The van der Waals surface area contributed by atoms with Crippen molar-refractivity contribution in [3.05, 3.63) is 105 Å². The van der Waals surface area contributed by atoms with E-state index in [0.29, 0.717) is 37.9 Å². The number of carbonyl (C=O) groups is 3. The van der Waals surface area contributed by atoms with E-state index in [9.17, 15) is 14.4 Å². The molecule has 0 aliphatic carbocycles. The molecule has 6 heteroatoms. The summed E-state index contributed by atoms with van der Waals surface area (Å²) < 4.78 is 4.64. The van der Waals surface area contributed by atoms with E-state index < -0.39 is 5.97 Å². The molecule has 140 valence electrons. The van der Waals surface area contributed by atoms with Gasteiger partial charge in [-0.05, 0) is 30.3 Å². The smallest absolute Gasteiger partial charge is 0.337 e. The van der Waals surface area contributed by atoms with Gasteiger partial charge >= 0.3 is 5.97 Å². The highest BCUT2D eigenvalue weighted by atomic mass is 35.5. The van der Waals surface area contributed by atoms with Crippen LogP contribution in [0.25, 0.3) is 0 Å². The van der Waals surface area contributed by atoms with E-state index in [0.717, 1.165) is 0 Å². The van der Waals surface area contributed by atoms with Gasteiger partial charge in [0.1, 0.15) is 0 Å². The summed E-state index contributed by atoms with van der Waals surface area (Å²) in [7, 11) is 1.29. The first-order valence-electron chi connectivity index (χ1n) is 8.23. The normalized spacial score (nSPS) is 10.4. The van der Waals surface area contributed by atoms with Crippen molar-refractivity contribution in [2.45, 2.75) is 0 Å². The van der Waals surface area contributed by atoms with E-state index in [-0.39, 0.29) is 11.6 Å². The third-order valence-electron chi connectivity index (χ3n) is 4.16. The first kappa shape index (κ1) is 19.8. The molecule has 0 aliphatic heterocycles. The third kappa shape index (κ3) is 4.14. The Kier molecular flexibility index (Phi) is 5.93. The zero-order valence-corrected chi connectivity index (χ0v) is 16.3. The molecule has 3 rings (SSSR count). The molecular weight excluding hydrogens is 399 g/mol. The maximum atomic E-state index is 12.6. The molecule has 0 unspecified atom stereocenters. The van der Waals surface area contributed by atoms with Gasteiger partial charge in [0.05, 0.1) is 22.7 Å². The van der Waals surface area contributed by atoms with Gasteiger partial charge in [-0.15, -0.1) is 0 Å². The SMILES string of the molecule is COC(=O)c1ccc(C(=O)c2ccc(C(=O)c3ccc(Cl)c(Cl)c3)cc2)cc1. The lowest BCUT2D eigenvalue weighted by Gasteiger charge is -2.06. The lowest BCUT2D eigenvalue weighted by molar-refractivity contribution is 0.0600. The first-order chi connectivity index (χ1) is 13.4. The van der Waals surface area contributed by atoms with Gasteiger partial charge in [-0.1, -0.05) is 59.6 Å². The number of benzene rings is 3. The molecule has 0 saturated carbocycles. The summed E-state index contributed by atoms with van der Waals surface area (Å²) in [6, 6.07) is 17.2. The highest BCUT2D eigenvalue weighted by Gasteiger charge is 2.14. The maximum Gasteiger partial charge on any atom is 0.337 e. The molecule has 0 aliphatic rings. The fourth-order valence-electron chi connectivity index (χ4n) is 2.62. The van der Waals surface area contributed by atoms with Gasteiger partial charge in [-0.2, -0.15) is 0 Å². The van der Waals surface area contributed by atoms with E-state index >= 15 is 0 Å². The fraction of sp³-hybridized carbons (Fsp3) is 0.0455. The number of hydrogen-bond donors (Lipinski definition) is 0. The van der Waals surface area contributed by atoms with E-state index in [1.807, 2.05) is 0 Å². The molecule has 0 atom stereocenters. The van der Waals surface area contributed by atoms with Crippen molar-refractivity contribution in [3.63, 3.8) is 0 Å². The van der Waals surface area contributed by atoms with Crippen molar-refractivity contribution >= 4 is 40.7 Å². The summed E-state index contributed by atoms with van der Waals surface area (Å²) >= 11 is 11.8. The van der Waals surface area contributed by atoms with Crippen LogP contribution in [-0.2, 0) is 4.74 Å². The second-order valence-electron chi connectivity index (χ2n) is 5.93. The lowest BCUT2D eigenvalue weighted by Crippen LogP contribution is -2.06. The van der Waals surface area contributed by atoms with Gasteiger partial charge in [0.2, 0.25) is 0 Å². The molecule has 28 heavy (non-hydrogen) atoms. The van der Waals surface area contributed by atoms with Crippen LogP contribution in [0.15, 0.2) is 66.7 Å². The summed E-state index contributed by atoms with van der Waals surface area (Å²) in [6.45, 7) is 0. The summed E-state index contributed by atoms with van der Waals surface area (Å²) in [5.74, 6) is -0.908. The molecule has 3 aromatic rings. The zero-order chi connectivity index (χ0) is 20.3. The quantitative estimate of drug-likeness (QED) is 0.424. The molecule has 0 N–H and O–H groups in total. The number of methoxy groups -OCH3 is 1. The van der Waals surface area contributed by atoms with Crippen molar-refractivity contribution in [2.75, 3.05) is 7.11 Å². The topological polar surface area (TPSA) is 60.4 Å². The highest BCUT2D eigenvalue weighted by Crippen LogP contribution is 2.24. The second kappa shape index (κ2) is 8.38. The lowest BCUT2D eigenvalue weighted by atomic mass is 9.98. The number of esters is 1. The van der Waals surface area contributed by atoms with Crippen molar-refractivity contribution in [1.82, 2.24) is 0 Å². The highest BCUT2D eigenvalue weighted by molar-refractivity contribution is 6.42. The van der Waals surface area contributed by atoms with Crippen molar-refractivity contribution in [2.24, 2.45) is 0 Å². The van der Waals surface area contributed by atoms with Gasteiger partial charge in [0.15, 0.2) is 11.6 Å². The van der Waals surface area contributed by atoms with E-state index in [2.05, 4.69) is 4.74 Å². The standard InChI is InChI=1S/C22H14Cl2O4/c1-28-22(27)16-8-6-14(7-9-16)20(25)13-2-4-15(5-3-13)21(26)17-10-11-18(23)19(24)12-17/h2-12H,1H3. The van der Waals surface area contributed by atoms with E-state index in [1.165, 1.54) is 25.3 Å². The maximum absolute atomic E-state index is 12.6. The molecule has 0 saturated heterocycles. The van der Waals surface area contributed by atoms with Crippen LogP contribution < -0.4 is 0 Å². The van der Waals surface area contributed by atoms with Crippen molar-refractivity contribution in [3.8, 4) is 0 Å². The average Bonchev–Trinajstić information content (AvgIpc) is 2.74. The Bertz CT molecular complexity index is 1050. The molecule has 0 aromatic heterocycles. The van der Waals surface area contributed by atoms with Gasteiger partial charge in [-0.25, -0.2) is 4.79 Å². The van der Waals surface area contributed by atoms with Gasteiger partial charge in [-0.3, -0.25) is 9.59 Å². The molecule has 0 fully saturated rings. The Morgan fingerprint density at radius 1 is 0.607 bits per heavy atom. The Morgan fingerprint density at radius 3 is 1.43 bits per heavy atom. The molecule has 0 heterocycles. The summed E-state index contributed by atoms with van der Waals surface area (Å²) in [6.07, 6.45) is 0. The molecule has 3 aromatic carbocycles. The molecule has 0 amide bonds. The van der Waals surface area contributed by atoms with Crippen LogP contribution in [0.1, 0.15) is 42.2 Å². The Morgan fingerprint density at radius 2 is 1.00 bits per heavy atom. The summed E-state index contributed by atoms with van der Waals surface area (Å²) in [4.78, 5) is 36.6. The third-order valence-corrected chi connectivity index (χ3v) is 4.90. The number of carbonyl (C=O) groups excluding carboxylic acids is 3. The van der Waals surface area contributed by atoms with Crippen LogP contribution in [0.2, 0.25) is 10.0 Å².